The van der Waals surface area contributed by atoms with Crippen molar-refractivity contribution in [3.8, 4) is 0 Å². The van der Waals surface area contributed by atoms with Crippen LogP contribution in [0.15, 0.2) is 12.2 Å². The Hall–Kier alpha value is -0.760. The highest BCUT2D eigenvalue weighted by molar-refractivity contribution is 7.45. The topological polar surface area (TPSA) is 94.1 Å². The van der Waals surface area contributed by atoms with E-state index >= 15 is 0 Å². The second-order valence-electron chi connectivity index (χ2n) is 15.7. The fourth-order valence-corrected chi connectivity index (χ4v) is 6.68. The molecule has 0 aliphatic heterocycles. The van der Waals surface area contributed by atoms with Crippen molar-refractivity contribution in [2.45, 2.75) is 200 Å². The SMILES string of the molecule is CCCCCC/C=C\CCCCCCCCCCOC[C@H](COP(=O)([O-])OCC[N+](C)(C)C)OC(=O)CCCCCCCCCCCCCCC. The number of nitrogens with zero attached hydrogens (tertiary/aromatic N) is 1. The number of allylic oxidation sites excluding steroid dienone is 2. The molecule has 0 saturated carbocycles. The van der Waals surface area contributed by atoms with Crippen molar-refractivity contribution in [3.05, 3.63) is 12.2 Å². The molecule has 0 N–H and O–H groups in total. The van der Waals surface area contributed by atoms with Gasteiger partial charge in [0.15, 0.2) is 0 Å². The number of quaternary nitrogens is 1. The maximum absolute atomic E-state index is 12.6. The van der Waals surface area contributed by atoms with E-state index in [1.54, 1.807) is 0 Å². The van der Waals surface area contributed by atoms with Crippen LogP contribution >= 0.6 is 7.82 Å². The maximum atomic E-state index is 12.6. The lowest BCUT2D eigenvalue weighted by Gasteiger charge is -2.28. The number of phosphoric acid groups is 1. The standard InChI is InChI=1S/C42H84NO7P/c1-6-8-10-12-14-16-18-20-21-22-24-26-28-30-32-34-37-47-39-41(40-49-51(45,46)48-38-36-43(3,4)5)50-42(44)35-33-31-29-27-25-23-19-17-15-13-11-9-7-2/h16,18,41H,6-15,17,19-40H2,1-5H3/b18-16-/t41-/m1/s1. The number of rotatable bonds is 40. The number of unbranched alkanes of at least 4 members (excludes halogenated alkanes) is 24. The molecule has 9 heteroatoms. The van der Waals surface area contributed by atoms with Gasteiger partial charge in [0.2, 0.25) is 0 Å². The van der Waals surface area contributed by atoms with Gasteiger partial charge in [-0.15, -0.1) is 0 Å². The van der Waals surface area contributed by atoms with E-state index < -0.39 is 13.9 Å². The molecule has 0 saturated heterocycles. The summed E-state index contributed by atoms with van der Waals surface area (Å²) in [5, 5.41) is 0. The van der Waals surface area contributed by atoms with Crippen LogP contribution in [0, 0.1) is 0 Å². The van der Waals surface area contributed by atoms with Crippen LogP contribution in [-0.2, 0) is 27.9 Å². The molecule has 51 heavy (non-hydrogen) atoms. The first kappa shape index (κ1) is 50.2. The summed E-state index contributed by atoms with van der Waals surface area (Å²) >= 11 is 0. The van der Waals surface area contributed by atoms with Gasteiger partial charge in [-0.1, -0.05) is 161 Å². The van der Waals surface area contributed by atoms with Gasteiger partial charge in [0.1, 0.15) is 19.3 Å². The van der Waals surface area contributed by atoms with Gasteiger partial charge in [0.25, 0.3) is 7.82 Å². The molecule has 0 heterocycles. The van der Waals surface area contributed by atoms with Crippen LogP contribution in [0.25, 0.3) is 0 Å². The van der Waals surface area contributed by atoms with Crippen molar-refractivity contribution in [1.82, 2.24) is 0 Å². The highest BCUT2D eigenvalue weighted by atomic mass is 31.2. The Morgan fingerprint density at radius 3 is 1.51 bits per heavy atom. The lowest BCUT2D eigenvalue weighted by molar-refractivity contribution is -0.870. The molecule has 0 bridgehead atoms. The minimum Gasteiger partial charge on any atom is -0.756 e. The summed E-state index contributed by atoms with van der Waals surface area (Å²) in [4.78, 5) is 25.0. The number of ether oxygens (including phenoxy) is 2. The fourth-order valence-electron chi connectivity index (χ4n) is 5.95. The van der Waals surface area contributed by atoms with E-state index in [-0.39, 0.29) is 25.8 Å². The molecule has 0 amide bonds. The Kier molecular flexibility index (Phi) is 35.7. The van der Waals surface area contributed by atoms with E-state index in [0.717, 1.165) is 32.1 Å². The zero-order valence-corrected chi connectivity index (χ0v) is 35.2. The van der Waals surface area contributed by atoms with E-state index in [2.05, 4.69) is 26.0 Å². The van der Waals surface area contributed by atoms with Gasteiger partial charge >= 0.3 is 5.97 Å². The molecule has 0 rings (SSSR count). The normalized spacial score (nSPS) is 13.9. The average Bonchev–Trinajstić information content (AvgIpc) is 3.08. The molecule has 0 fully saturated rings. The summed E-state index contributed by atoms with van der Waals surface area (Å²) in [6.45, 7) is 5.42. The number of carbonyl (C=O) groups is 1. The predicted molar refractivity (Wildman–Crippen MR) is 213 cm³/mol. The van der Waals surface area contributed by atoms with Crippen molar-refractivity contribution in [1.29, 1.82) is 0 Å². The predicted octanol–water partition coefficient (Wildman–Crippen LogP) is 11.6. The fraction of sp³-hybridized carbons (Fsp3) is 0.929. The number of hydrogen-bond acceptors (Lipinski definition) is 7. The zero-order valence-electron chi connectivity index (χ0n) is 34.3. The summed E-state index contributed by atoms with van der Waals surface area (Å²) in [6.07, 6.45) is 37.8. The highest BCUT2D eigenvalue weighted by Gasteiger charge is 2.20. The number of likely N-dealkylation sites (N-methyl/N-ethyl adjacent to an activating group) is 1. The molecule has 0 aromatic carbocycles. The van der Waals surface area contributed by atoms with Crippen molar-refractivity contribution >= 4 is 13.8 Å². The molecule has 0 radical (unpaired) electrons. The summed E-state index contributed by atoms with van der Waals surface area (Å²) < 4.78 is 34.5. The van der Waals surface area contributed by atoms with E-state index in [1.165, 1.54) is 141 Å². The van der Waals surface area contributed by atoms with E-state index in [0.29, 0.717) is 24.1 Å². The molecule has 0 aromatic heterocycles. The minimum absolute atomic E-state index is 0.0286. The maximum Gasteiger partial charge on any atom is 0.306 e. The van der Waals surface area contributed by atoms with Crippen LogP contribution in [0.1, 0.15) is 194 Å². The van der Waals surface area contributed by atoms with Gasteiger partial charge in [-0.25, -0.2) is 0 Å². The molecule has 1 unspecified atom stereocenters. The molecular weight excluding hydrogens is 661 g/mol. The van der Waals surface area contributed by atoms with Crippen molar-refractivity contribution in [3.63, 3.8) is 0 Å². The van der Waals surface area contributed by atoms with E-state index in [1.807, 2.05) is 21.1 Å². The van der Waals surface area contributed by atoms with Crippen LogP contribution in [0.2, 0.25) is 0 Å². The first-order valence-corrected chi connectivity index (χ1v) is 22.9. The van der Waals surface area contributed by atoms with Crippen LogP contribution in [0.5, 0.6) is 0 Å². The van der Waals surface area contributed by atoms with Crippen LogP contribution in [0.4, 0.5) is 0 Å². The van der Waals surface area contributed by atoms with E-state index in [4.69, 9.17) is 18.5 Å². The first-order chi connectivity index (χ1) is 24.6. The third-order valence-corrected chi connectivity index (χ3v) is 10.3. The molecule has 2 atom stereocenters. The second kappa shape index (κ2) is 36.2. The third-order valence-electron chi connectivity index (χ3n) is 9.32. The molecule has 8 nitrogen and oxygen atoms in total. The van der Waals surface area contributed by atoms with Crippen molar-refractivity contribution < 1.29 is 37.3 Å². The third kappa shape index (κ3) is 40.3. The smallest absolute Gasteiger partial charge is 0.306 e. The largest absolute Gasteiger partial charge is 0.756 e. The molecule has 0 aromatic rings. The monoisotopic (exact) mass is 746 g/mol. The quantitative estimate of drug-likeness (QED) is 0.0203. The lowest BCUT2D eigenvalue weighted by atomic mass is 10.0. The Bertz CT molecular complexity index is 833. The number of phosphoric ester groups is 1. The minimum atomic E-state index is -4.52. The Morgan fingerprint density at radius 1 is 0.588 bits per heavy atom. The Balaban J connectivity index is 4.22. The van der Waals surface area contributed by atoms with Crippen LogP contribution in [-0.4, -0.2) is 70.7 Å². The molecule has 0 aliphatic rings. The molecule has 0 spiro atoms. The Morgan fingerprint density at radius 2 is 1.02 bits per heavy atom. The molecular formula is C42H84NO7P. The average molecular weight is 746 g/mol. The first-order valence-electron chi connectivity index (χ1n) is 21.4. The summed E-state index contributed by atoms with van der Waals surface area (Å²) in [7, 11) is 1.36. The summed E-state index contributed by atoms with van der Waals surface area (Å²) in [6, 6.07) is 0. The zero-order chi connectivity index (χ0) is 37.7. The van der Waals surface area contributed by atoms with Gasteiger partial charge < -0.3 is 27.9 Å². The lowest BCUT2D eigenvalue weighted by Crippen LogP contribution is -2.37. The number of carbonyl (C=O) groups excluding carboxylic acids is 1. The number of esters is 1. The summed E-state index contributed by atoms with van der Waals surface area (Å²) in [5.41, 5.74) is 0. The van der Waals surface area contributed by atoms with Gasteiger partial charge in [-0.05, 0) is 38.5 Å². The molecule has 304 valence electrons. The van der Waals surface area contributed by atoms with Crippen LogP contribution in [0.3, 0.4) is 0 Å². The molecule has 0 aliphatic carbocycles. The second-order valence-corrected chi connectivity index (χ2v) is 17.1. The van der Waals surface area contributed by atoms with E-state index in [9.17, 15) is 14.3 Å². The van der Waals surface area contributed by atoms with Crippen molar-refractivity contribution in [2.75, 3.05) is 54.1 Å². The van der Waals surface area contributed by atoms with Crippen LogP contribution < -0.4 is 4.89 Å². The van der Waals surface area contributed by atoms with Gasteiger partial charge in [-0.3, -0.25) is 9.36 Å². The van der Waals surface area contributed by atoms with Gasteiger partial charge in [0.05, 0.1) is 34.4 Å². The van der Waals surface area contributed by atoms with Gasteiger partial charge in [-0.2, -0.15) is 0 Å². The Labute approximate surface area is 316 Å². The highest BCUT2D eigenvalue weighted by Crippen LogP contribution is 2.38. The summed E-state index contributed by atoms with van der Waals surface area (Å²) in [5.74, 6) is -0.333. The van der Waals surface area contributed by atoms with Crippen molar-refractivity contribution in [2.24, 2.45) is 0 Å². The van der Waals surface area contributed by atoms with Gasteiger partial charge in [0, 0.05) is 13.0 Å². The number of hydrogen-bond donors (Lipinski definition) is 0.